The molecule has 3 heterocycles. The maximum absolute atomic E-state index is 13.0. The van der Waals surface area contributed by atoms with Gasteiger partial charge in [-0.3, -0.25) is 0 Å². The number of aryl methyl sites for hydroxylation is 2. The molecule has 0 N–H and O–H groups in total. The van der Waals surface area contributed by atoms with Gasteiger partial charge in [0.1, 0.15) is 17.8 Å². The number of hydrogen-bond acceptors (Lipinski definition) is 5. The summed E-state index contributed by atoms with van der Waals surface area (Å²) >= 11 is 1.62. The van der Waals surface area contributed by atoms with Crippen molar-refractivity contribution in [3.63, 3.8) is 0 Å². The fraction of sp³-hybridized carbons (Fsp3) is 0.350. The first kappa shape index (κ1) is 20.7. The molecule has 0 aliphatic carbocycles. The van der Waals surface area contributed by atoms with Crippen molar-refractivity contribution >= 4 is 27.2 Å². The van der Waals surface area contributed by atoms with Crippen molar-refractivity contribution in [1.29, 1.82) is 0 Å². The molecular formula is C20H18F4N4OS. The molecule has 0 bridgehead atoms. The highest BCUT2D eigenvalue weighted by Crippen LogP contribution is 2.33. The zero-order chi connectivity index (χ0) is 21.5. The number of nitrogens with zero attached hydrogens (tertiary/aromatic N) is 4. The Labute approximate surface area is 173 Å². The molecule has 10 heteroatoms. The molecule has 0 aliphatic rings. The Kier molecular flexibility index (Phi) is 5.46. The molecule has 4 aromatic rings. The summed E-state index contributed by atoms with van der Waals surface area (Å²) in [7, 11) is 0. The van der Waals surface area contributed by atoms with Crippen molar-refractivity contribution in [2.24, 2.45) is 0 Å². The summed E-state index contributed by atoms with van der Waals surface area (Å²) in [5.74, 6) is -3.72. The number of aromatic nitrogens is 4. The highest BCUT2D eigenvalue weighted by Gasteiger charge is 2.40. The summed E-state index contributed by atoms with van der Waals surface area (Å²) in [4.78, 5) is 11.2. The Morgan fingerprint density at radius 2 is 2.07 bits per heavy atom. The van der Waals surface area contributed by atoms with Crippen LogP contribution in [-0.4, -0.2) is 38.5 Å². The van der Waals surface area contributed by atoms with Crippen molar-refractivity contribution in [2.75, 3.05) is 6.61 Å². The van der Waals surface area contributed by atoms with Crippen LogP contribution in [0.25, 0.3) is 27.3 Å². The highest BCUT2D eigenvalue weighted by molar-refractivity contribution is 7.18. The Bertz CT molecular complexity index is 1200. The predicted octanol–water partition coefficient (Wildman–Crippen LogP) is 5.29. The predicted molar refractivity (Wildman–Crippen MR) is 106 cm³/mol. The van der Waals surface area contributed by atoms with Crippen molar-refractivity contribution in [3.05, 3.63) is 46.6 Å². The van der Waals surface area contributed by atoms with E-state index in [0.29, 0.717) is 22.6 Å². The molecule has 0 unspecified atom stereocenters. The fourth-order valence-corrected chi connectivity index (χ4v) is 4.36. The van der Waals surface area contributed by atoms with Crippen molar-refractivity contribution in [3.8, 4) is 11.4 Å². The summed E-state index contributed by atoms with van der Waals surface area (Å²) in [5.41, 5.74) is 3.11. The van der Waals surface area contributed by atoms with Crippen LogP contribution in [0.15, 0.2) is 30.6 Å². The largest absolute Gasteiger partial charge is 0.370 e. The van der Waals surface area contributed by atoms with Gasteiger partial charge in [-0.05, 0) is 30.5 Å². The second kappa shape index (κ2) is 7.92. The maximum Gasteiger partial charge on any atom is 0.330 e. The zero-order valence-electron chi connectivity index (χ0n) is 16.2. The van der Waals surface area contributed by atoms with Crippen LogP contribution in [0.2, 0.25) is 0 Å². The first-order chi connectivity index (χ1) is 14.3. The molecule has 3 aromatic heterocycles. The molecular weight excluding hydrogens is 420 g/mol. The second-order valence-electron chi connectivity index (χ2n) is 6.87. The van der Waals surface area contributed by atoms with Crippen LogP contribution in [0.3, 0.4) is 0 Å². The molecule has 0 radical (unpaired) electrons. The van der Waals surface area contributed by atoms with Crippen LogP contribution in [0, 0.1) is 6.92 Å². The molecule has 158 valence electrons. The molecule has 5 nitrogen and oxygen atoms in total. The van der Waals surface area contributed by atoms with Crippen molar-refractivity contribution in [2.45, 2.75) is 39.2 Å². The van der Waals surface area contributed by atoms with Crippen molar-refractivity contribution in [1.82, 2.24) is 19.6 Å². The van der Waals surface area contributed by atoms with E-state index < -0.39 is 19.0 Å². The van der Waals surface area contributed by atoms with Gasteiger partial charge in [-0.1, -0.05) is 25.1 Å². The Hall–Kier alpha value is -2.59. The third-order valence-corrected chi connectivity index (χ3v) is 5.81. The van der Waals surface area contributed by atoms with E-state index in [-0.39, 0.29) is 6.61 Å². The van der Waals surface area contributed by atoms with Crippen LogP contribution in [0.4, 0.5) is 17.6 Å². The lowest BCUT2D eigenvalue weighted by Crippen LogP contribution is -2.32. The molecule has 1 aromatic carbocycles. The topological polar surface area (TPSA) is 52.3 Å². The summed E-state index contributed by atoms with van der Waals surface area (Å²) in [6.07, 6.45) is -1.29. The van der Waals surface area contributed by atoms with Gasteiger partial charge in [0, 0.05) is 10.4 Å². The quantitative estimate of drug-likeness (QED) is 0.368. The number of hydrogen-bond donors (Lipinski definition) is 0. The van der Waals surface area contributed by atoms with Crippen molar-refractivity contribution < 1.29 is 22.3 Å². The normalized spacial score (nSPS) is 12.5. The minimum atomic E-state index is -4.17. The average Bonchev–Trinajstić information content (AvgIpc) is 3.27. The summed E-state index contributed by atoms with van der Waals surface area (Å²) in [6.45, 7) is 2.57. The first-order valence-electron chi connectivity index (χ1n) is 9.26. The van der Waals surface area contributed by atoms with Gasteiger partial charge in [-0.25, -0.2) is 23.3 Å². The van der Waals surface area contributed by atoms with E-state index in [0.717, 1.165) is 16.6 Å². The van der Waals surface area contributed by atoms with Gasteiger partial charge in [0.2, 0.25) is 0 Å². The van der Waals surface area contributed by atoms with Gasteiger partial charge in [-0.15, -0.1) is 16.4 Å². The van der Waals surface area contributed by atoms with Crippen LogP contribution in [0.5, 0.6) is 0 Å². The standard InChI is InChI=1S/C20H18F4N4OS/c1-3-14-11(2)30-18-15(14)17-26-16(27-28(17)10-25-18)13-6-4-5-12(7-13)8-29-9-20(23,24)19(21)22/h4-7,10,19H,3,8-9H2,1-2H3. The molecule has 30 heavy (non-hydrogen) atoms. The van der Waals surface area contributed by atoms with Gasteiger partial charge in [0.05, 0.1) is 12.0 Å². The lowest BCUT2D eigenvalue weighted by Gasteiger charge is -2.15. The number of thiophene rings is 1. The summed E-state index contributed by atoms with van der Waals surface area (Å²) < 4.78 is 56.9. The van der Waals surface area contributed by atoms with Crippen LogP contribution in [0.1, 0.15) is 22.9 Å². The maximum atomic E-state index is 13.0. The number of benzene rings is 1. The lowest BCUT2D eigenvalue weighted by atomic mass is 10.1. The zero-order valence-corrected chi connectivity index (χ0v) is 17.0. The van der Waals surface area contributed by atoms with Gasteiger partial charge in [0.25, 0.3) is 0 Å². The summed E-state index contributed by atoms with van der Waals surface area (Å²) in [6, 6.07) is 6.86. The minimum Gasteiger partial charge on any atom is -0.370 e. The molecule has 0 saturated carbocycles. The Morgan fingerprint density at radius 3 is 2.80 bits per heavy atom. The SMILES string of the molecule is CCc1c(C)sc2ncn3nc(-c4cccc(COCC(F)(F)C(F)F)c4)nc3c12. The molecule has 0 atom stereocenters. The van der Waals surface area contributed by atoms with E-state index >= 15 is 0 Å². The number of ether oxygens (including phenoxy) is 1. The second-order valence-corrected chi connectivity index (χ2v) is 8.08. The number of alkyl halides is 4. The van der Waals surface area contributed by atoms with Crippen LogP contribution in [-0.2, 0) is 17.8 Å². The van der Waals surface area contributed by atoms with E-state index in [1.807, 2.05) is 0 Å². The fourth-order valence-electron chi connectivity index (χ4n) is 3.28. The Morgan fingerprint density at radius 1 is 1.27 bits per heavy atom. The van der Waals surface area contributed by atoms with Crippen LogP contribution >= 0.6 is 11.3 Å². The van der Waals surface area contributed by atoms with E-state index in [2.05, 4.69) is 28.9 Å². The van der Waals surface area contributed by atoms with E-state index in [4.69, 9.17) is 4.74 Å². The molecule has 0 aliphatic heterocycles. The first-order valence-corrected chi connectivity index (χ1v) is 10.1. The van der Waals surface area contributed by atoms with Gasteiger partial charge in [-0.2, -0.15) is 8.78 Å². The Balaban J connectivity index is 1.63. The third kappa shape index (κ3) is 3.77. The van der Waals surface area contributed by atoms with Gasteiger partial charge in [0.15, 0.2) is 11.5 Å². The van der Waals surface area contributed by atoms with E-state index in [9.17, 15) is 17.6 Å². The summed E-state index contributed by atoms with van der Waals surface area (Å²) in [5, 5.41) is 5.47. The van der Waals surface area contributed by atoms with E-state index in [1.165, 1.54) is 10.4 Å². The number of halogens is 4. The molecule has 4 rings (SSSR count). The van der Waals surface area contributed by atoms with Gasteiger partial charge >= 0.3 is 12.3 Å². The molecule has 0 amide bonds. The van der Waals surface area contributed by atoms with E-state index in [1.54, 1.807) is 46.4 Å². The molecule has 0 spiro atoms. The lowest BCUT2D eigenvalue weighted by molar-refractivity contribution is -0.168. The number of fused-ring (bicyclic) bond motifs is 3. The number of rotatable bonds is 7. The smallest absolute Gasteiger partial charge is 0.330 e. The van der Waals surface area contributed by atoms with Gasteiger partial charge < -0.3 is 4.74 Å². The third-order valence-electron chi connectivity index (χ3n) is 4.75. The monoisotopic (exact) mass is 438 g/mol. The van der Waals surface area contributed by atoms with Crippen LogP contribution < -0.4 is 0 Å². The molecule has 0 fully saturated rings. The average molecular weight is 438 g/mol. The molecule has 0 saturated heterocycles. The minimum absolute atomic E-state index is 0.223. The highest BCUT2D eigenvalue weighted by atomic mass is 32.1.